The lowest BCUT2D eigenvalue weighted by atomic mass is 9.98. The molecule has 0 unspecified atom stereocenters. The van der Waals surface area contributed by atoms with Crippen LogP contribution < -0.4 is 9.80 Å². The molecule has 0 aliphatic heterocycles. The van der Waals surface area contributed by atoms with Gasteiger partial charge in [-0.3, -0.25) is 0 Å². The van der Waals surface area contributed by atoms with E-state index in [2.05, 4.69) is 286 Å². The summed E-state index contributed by atoms with van der Waals surface area (Å²) in [5.74, 6) is -0.525. The third-order valence-corrected chi connectivity index (χ3v) is 16.2. The highest BCUT2D eigenvalue weighted by Crippen LogP contribution is 2.44. The molecular weight excluding hydrogens is 1030 g/mol. The van der Waals surface area contributed by atoms with Crippen molar-refractivity contribution in [2.75, 3.05) is 9.80 Å². The number of aromatic nitrogens is 2. The maximum absolute atomic E-state index is 14.3. The van der Waals surface area contributed by atoms with Crippen LogP contribution in [0.25, 0.3) is 99.5 Å². The van der Waals surface area contributed by atoms with Crippen molar-refractivity contribution in [2.24, 2.45) is 0 Å². The summed E-state index contributed by atoms with van der Waals surface area (Å²) in [7, 11) is 0. The summed E-state index contributed by atoms with van der Waals surface area (Å²) in [4.78, 5) is 4.69. The highest BCUT2D eigenvalue weighted by molar-refractivity contribution is 6.12. The fourth-order valence-corrected chi connectivity index (χ4v) is 12.2. The lowest BCUT2D eigenvalue weighted by Gasteiger charge is -2.27. The van der Waals surface area contributed by atoms with E-state index in [9.17, 15) is 8.78 Å². The molecule has 15 aromatic rings. The minimum Gasteiger partial charge on any atom is -0.310 e. The maximum Gasteiger partial charge on any atom is 0.123 e. The number of anilines is 6. The van der Waals surface area contributed by atoms with Crippen molar-refractivity contribution in [2.45, 2.75) is 0 Å². The van der Waals surface area contributed by atoms with Gasteiger partial charge in [0, 0.05) is 67.0 Å². The minimum atomic E-state index is -0.263. The van der Waals surface area contributed by atoms with Crippen molar-refractivity contribution >= 4 is 77.7 Å². The zero-order chi connectivity index (χ0) is 56.1. The van der Waals surface area contributed by atoms with Crippen molar-refractivity contribution in [3.63, 3.8) is 0 Å². The van der Waals surface area contributed by atoms with E-state index in [1.807, 2.05) is 24.3 Å². The number of halogens is 2. The van der Waals surface area contributed by atoms with Gasteiger partial charge in [0.15, 0.2) is 0 Å². The molecule has 6 heteroatoms. The highest BCUT2D eigenvalue weighted by atomic mass is 19.1. The van der Waals surface area contributed by atoms with Crippen LogP contribution in [0.5, 0.6) is 0 Å². The number of rotatable bonds is 12. The van der Waals surface area contributed by atoms with E-state index in [1.54, 1.807) is 0 Å². The lowest BCUT2D eigenvalue weighted by Crippen LogP contribution is -2.10. The van der Waals surface area contributed by atoms with Crippen molar-refractivity contribution in [1.82, 2.24) is 9.13 Å². The number of fused-ring (bicyclic) bond motifs is 6. The second-order valence-corrected chi connectivity index (χ2v) is 21.2. The Morgan fingerprint density at radius 2 is 0.512 bits per heavy atom. The Balaban J connectivity index is 0.810. The second-order valence-electron chi connectivity index (χ2n) is 21.2. The molecule has 4 nitrogen and oxygen atoms in total. The predicted octanol–water partition coefficient (Wildman–Crippen LogP) is 21.8. The summed E-state index contributed by atoms with van der Waals surface area (Å²) in [5.41, 5.74) is 21.1. The Labute approximate surface area is 485 Å². The Morgan fingerprint density at radius 3 is 0.964 bits per heavy atom. The third kappa shape index (κ3) is 9.13. The molecule has 0 aliphatic rings. The van der Waals surface area contributed by atoms with Crippen LogP contribution in [-0.4, -0.2) is 9.13 Å². The topological polar surface area (TPSA) is 16.3 Å². The van der Waals surface area contributed by atoms with E-state index in [4.69, 9.17) is 0 Å². The van der Waals surface area contributed by atoms with Crippen LogP contribution in [0.15, 0.2) is 315 Å². The molecule has 0 atom stereocenters. The first-order chi connectivity index (χ1) is 41.5. The van der Waals surface area contributed by atoms with E-state index in [-0.39, 0.29) is 11.6 Å². The molecule has 2 aromatic heterocycles. The van der Waals surface area contributed by atoms with Gasteiger partial charge in [-0.1, -0.05) is 164 Å². The quantitative estimate of drug-likeness (QED) is 0.121. The van der Waals surface area contributed by atoms with Gasteiger partial charge in [-0.2, -0.15) is 0 Å². The Morgan fingerprint density at radius 1 is 0.202 bits per heavy atom. The normalized spacial score (nSPS) is 11.5. The van der Waals surface area contributed by atoms with Crippen LogP contribution >= 0.6 is 0 Å². The molecule has 2 heterocycles. The van der Waals surface area contributed by atoms with E-state index in [1.165, 1.54) is 24.3 Å². The van der Waals surface area contributed by atoms with Crippen LogP contribution in [0.4, 0.5) is 42.9 Å². The van der Waals surface area contributed by atoms with Gasteiger partial charge >= 0.3 is 0 Å². The molecule has 0 radical (unpaired) electrons. The molecule has 13 aromatic carbocycles. The molecule has 0 N–H and O–H groups in total. The molecule has 0 saturated heterocycles. The fourth-order valence-electron chi connectivity index (χ4n) is 12.2. The molecule has 0 amide bonds. The molecule has 0 saturated carbocycles. The highest BCUT2D eigenvalue weighted by Gasteiger charge is 2.21. The van der Waals surface area contributed by atoms with Crippen molar-refractivity contribution in [3.05, 3.63) is 327 Å². The van der Waals surface area contributed by atoms with Crippen LogP contribution in [0.3, 0.4) is 0 Å². The first kappa shape index (κ1) is 49.9. The molecular formula is C78H52F2N4. The number of nitrogens with zero attached hydrogens (tertiary/aromatic N) is 4. The van der Waals surface area contributed by atoms with Crippen LogP contribution in [-0.2, 0) is 0 Å². The van der Waals surface area contributed by atoms with Crippen molar-refractivity contribution in [3.8, 4) is 55.9 Å². The van der Waals surface area contributed by atoms with E-state index >= 15 is 0 Å². The van der Waals surface area contributed by atoms with Gasteiger partial charge in [0.25, 0.3) is 0 Å². The Bertz CT molecular complexity index is 4910. The largest absolute Gasteiger partial charge is 0.310 e. The molecule has 0 bridgehead atoms. The van der Waals surface area contributed by atoms with E-state index in [0.717, 1.165) is 134 Å². The van der Waals surface area contributed by atoms with Crippen LogP contribution in [0, 0.1) is 11.6 Å². The van der Waals surface area contributed by atoms with Gasteiger partial charge in [0.05, 0.1) is 22.1 Å². The van der Waals surface area contributed by atoms with Gasteiger partial charge in [-0.15, -0.1) is 0 Å². The van der Waals surface area contributed by atoms with Crippen molar-refractivity contribution in [1.29, 1.82) is 0 Å². The zero-order valence-electron chi connectivity index (χ0n) is 45.6. The second kappa shape index (κ2) is 21.1. The molecule has 398 valence electrons. The smallest absolute Gasteiger partial charge is 0.123 e. The van der Waals surface area contributed by atoms with Gasteiger partial charge in [0.2, 0.25) is 0 Å². The summed E-state index contributed by atoms with van der Waals surface area (Å²) in [6.07, 6.45) is 0. The average molecular weight is 1080 g/mol. The molecule has 84 heavy (non-hydrogen) atoms. The average Bonchev–Trinajstić information content (AvgIpc) is 2.12. The van der Waals surface area contributed by atoms with Crippen LogP contribution in [0.2, 0.25) is 0 Å². The monoisotopic (exact) mass is 1080 g/mol. The predicted molar refractivity (Wildman–Crippen MR) is 346 cm³/mol. The molecule has 0 spiro atoms. The first-order valence-electron chi connectivity index (χ1n) is 28.3. The summed E-state index contributed by atoms with van der Waals surface area (Å²) >= 11 is 0. The van der Waals surface area contributed by atoms with E-state index < -0.39 is 0 Å². The summed E-state index contributed by atoms with van der Waals surface area (Å²) in [6, 6.07) is 109. The zero-order valence-corrected chi connectivity index (χ0v) is 45.6. The summed E-state index contributed by atoms with van der Waals surface area (Å²) in [5, 5.41) is 4.44. The number of hydrogen-bond donors (Lipinski definition) is 0. The fraction of sp³-hybridized carbons (Fsp3) is 0. The molecule has 0 aliphatic carbocycles. The standard InChI is InChI=1S/C78H52F2N4/c79-61-33-39-64(40-34-61)83-75-29-9-7-27-71(75)73-51-69(43-45-77(73)83)81(66-24-12-21-58(48-66)53-15-3-1-4-16-53)63-37-31-55(32-38-63)56-19-11-20-57(47-56)60-23-14-26-68(50-60)82(67-25-13-22-59(49-67)54-17-5-2-6-18-54)70-44-46-78-74(52-70)72-28-8-10-30-76(72)84(78)65-41-35-62(80)36-42-65/h1-52H. The summed E-state index contributed by atoms with van der Waals surface area (Å²) < 4.78 is 32.9. The van der Waals surface area contributed by atoms with Crippen molar-refractivity contribution < 1.29 is 8.78 Å². The first-order valence-corrected chi connectivity index (χ1v) is 28.3. The third-order valence-electron chi connectivity index (χ3n) is 16.2. The van der Waals surface area contributed by atoms with Gasteiger partial charge < -0.3 is 18.9 Å². The van der Waals surface area contributed by atoms with Gasteiger partial charge in [0.1, 0.15) is 11.6 Å². The molecule has 15 rings (SSSR count). The van der Waals surface area contributed by atoms with Crippen LogP contribution in [0.1, 0.15) is 0 Å². The number of para-hydroxylation sites is 2. The SMILES string of the molecule is Fc1ccc(-n2c3ccccc3c3cc(N(c4ccc(-c5cccc(-c6cccc(N(c7cccc(-c8ccccc8)c7)c7ccc8c(c7)c7ccccc7n8-c7ccc(F)cc7)c6)c5)cc4)c4cccc(-c5ccccc5)c4)ccc32)cc1. The van der Waals surface area contributed by atoms with Gasteiger partial charge in [-0.25, -0.2) is 8.78 Å². The summed E-state index contributed by atoms with van der Waals surface area (Å²) in [6.45, 7) is 0. The number of benzene rings is 13. The Hall–Kier alpha value is -11.1. The molecule has 0 fully saturated rings. The minimum absolute atomic E-state index is 0.262. The maximum atomic E-state index is 14.3. The van der Waals surface area contributed by atoms with E-state index in [0.29, 0.717) is 0 Å². The van der Waals surface area contributed by atoms with Gasteiger partial charge in [-0.05, 0) is 196 Å². The number of hydrogen-bond acceptors (Lipinski definition) is 2. The Kier molecular flexibility index (Phi) is 12.5. The lowest BCUT2D eigenvalue weighted by molar-refractivity contribution is 0.627.